The smallest absolute Gasteiger partial charge is 0.406 e. The molecule has 13 heavy (non-hydrogen) atoms. The Bertz CT molecular complexity index is 131. The van der Waals surface area contributed by atoms with Crippen molar-refractivity contribution in [3.63, 3.8) is 0 Å². The molecule has 0 saturated carbocycles. The van der Waals surface area contributed by atoms with Crippen LogP contribution in [0.15, 0.2) is 0 Å². The molecule has 0 fully saturated rings. The van der Waals surface area contributed by atoms with E-state index in [4.69, 9.17) is 0 Å². The number of carbonyl (C=O) groups is 1. The van der Waals surface area contributed by atoms with Crippen molar-refractivity contribution in [3.05, 3.63) is 0 Å². The predicted molar refractivity (Wildman–Crippen MR) is 57.3 cm³/mol. The summed E-state index contributed by atoms with van der Waals surface area (Å²) in [5.41, 5.74) is 0. The second-order valence-electron chi connectivity index (χ2n) is 2.83. The first-order chi connectivity index (χ1) is 6.31. The maximum absolute atomic E-state index is 10.6. The molecule has 0 bridgehead atoms. The van der Waals surface area contributed by atoms with Gasteiger partial charge in [-0.15, -0.1) is 0 Å². The fourth-order valence-corrected chi connectivity index (χ4v) is 1.48. The van der Waals surface area contributed by atoms with Crippen LogP contribution in [0.2, 0.25) is 0 Å². The van der Waals surface area contributed by atoms with Crippen LogP contribution in [0.25, 0.3) is 0 Å². The molecule has 78 valence electrons. The lowest BCUT2D eigenvalue weighted by Crippen LogP contribution is -2.23. The van der Waals surface area contributed by atoms with Gasteiger partial charge >= 0.3 is 6.09 Å². The van der Waals surface area contributed by atoms with Gasteiger partial charge in [-0.2, -0.15) is 11.8 Å². The van der Waals surface area contributed by atoms with E-state index in [1.165, 1.54) is 32.1 Å². The third kappa shape index (κ3) is 9.53. The van der Waals surface area contributed by atoms with E-state index in [2.05, 4.69) is 16.3 Å². The molecular formula is C9H19NO2S. The van der Waals surface area contributed by atoms with Crippen molar-refractivity contribution in [3.8, 4) is 0 Å². The monoisotopic (exact) mass is 205 g/mol. The average Bonchev–Trinajstić information content (AvgIpc) is 2.16. The van der Waals surface area contributed by atoms with Crippen LogP contribution in [-0.2, 0) is 4.74 Å². The number of methoxy groups -OCH3 is 1. The first-order valence-electron chi connectivity index (χ1n) is 4.62. The first-order valence-corrected chi connectivity index (χ1v) is 6.01. The van der Waals surface area contributed by atoms with Gasteiger partial charge in [-0.3, -0.25) is 0 Å². The normalized spacial score (nSPS) is 9.69. The molecule has 1 amide bonds. The van der Waals surface area contributed by atoms with Crippen molar-refractivity contribution in [2.45, 2.75) is 25.7 Å². The molecule has 0 heterocycles. The third-order valence-corrected chi connectivity index (χ3v) is 2.43. The van der Waals surface area contributed by atoms with Crippen LogP contribution >= 0.6 is 11.8 Å². The molecule has 0 aromatic carbocycles. The number of carbonyl (C=O) groups excluding carboxylic acids is 1. The number of ether oxygens (including phenoxy) is 1. The summed E-state index contributed by atoms with van der Waals surface area (Å²) >= 11 is 1.88. The van der Waals surface area contributed by atoms with Gasteiger partial charge in [0.1, 0.15) is 0 Å². The molecule has 0 aliphatic heterocycles. The fourth-order valence-electron chi connectivity index (χ4n) is 0.988. The summed E-state index contributed by atoms with van der Waals surface area (Å²) in [6.45, 7) is 0.728. The van der Waals surface area contributed by atoms with Gasteiger partial charge in [0.2, 0.25) is 0 Å². The highest BCUT2D eigenvalue weighted by Crippen LogP contribution is 2.03. The van der Waals surface area contributed by atoms with Gasteiger partial charge < -0.3 is 10.1 Å². The average molecular weight is 205 g/mol. The Morgan fingerprint density at radius 2 is 2.00 bits per heavy atom. The second-order valence-corrected chi connectivity index (χ2v) is 3.81. The summed E-state index contributed by atoms with van der Waals surface area (Å²) in [5, 5.41) is 2.66. The van der Waals surface area contributed by atoms with Gasteiger partial charge in [0.25, 0.3) is 0 Å². The zero-order valence-electron chi connectivity index (χ0n) is 8.47. The quantitative estimate of drug-likeness (QED) is 0.648. The number of unbranched alkanes of at least 4 members (excludes halogenated alkanes) is 3. The number of hydrogen-bond donors (Lipinski definition) is 1. The van der Waals surface area contributed by atoms with Crippen molar-refractivity contribution in [2.75, 3.05) is 25.7 Å². The zero-order chi connectivity index (χ0) is 9.94. The fraction of sp³-hybridized carbons (Fsp3) is 0.889. The van der Waals surface area contributed by atoms with Crippen molar-refractivity contribution in [1.82, 2.24) is 5.32 Å². The maximum Gasteiger partial charge on any atom is 0.406 e. The Labute approximate surface area is 84.6 Å². The van der Waals surface area contributed by atoms with Gasteiger partial charge in [0.15, 0.2) is 0 Å². The van der Waals surface area contributed by atoms with E-state index >= 15 is 0 Å². The second kappa shape index (κ2) is 9.71. The van der Waals surface area contributed by atoms with Gasteiger partial charge in [-0.25, -0.2) is 4.79 Å². The molecule has 0 rings (SSSR count). The van der Waals surface area contributed by atoms with Crippen LogP contribution in [0, 0.1) is 0 Å². The number of thioether (sulfide) groups is 1. The summed E-state index contributed by atoms with van der Waals surface area (Å²) in [6.07, 6.45) is 6.56. The lowest BCUT2D eigenvalue weighted by Gasteiger charge is -2.02. The van der Waals surface area contributed by atoms with E-state index in [1.54, 1.807) is 0 Å². The molecule has 0 saturated heterocycles. The molecule has 0 unspecified atom stereocenters. The predicted octanol–water partition coefficient (Wildman–Crippen LogP) is 2.27. The zero-order valence-corrected chi connectivity index (χ0v) is 9.28. The van der Waals surface area contributed by atoms with E-state index in [1.807, 2.05) is 11.8 Å². The van der Waals surface area contributed by atoms with Crippen molar-refractivity contribution in [2.24, 2.45) is 0 Å². The van der Waals surface area contributed by atoms with E-state index in [9.17, 15) is 4.79 Å². The van der Waals surface area contributed by atoms with Gasteiger partial charge in [0, 0.05) is 6.54 Å². The maximum atomic E-state index is 10.6. The van der Waals surface area contributed by atoms with Crippen molar-refractivity contribution < 1.29 is 9.53 Å². The minimum Gasteiger partial charge on any atom is -0.453 e. The summed E-state index contributed by atoms with van der Waals surface area (Å²) in [5.74, 6) is 1.24. The SMILES string of the molecule is COC(=O)NCCCCCCSC. The highest BCUT2D eigenvalue weighted by molar-refractivity contribution is 7.98. The van der Waals surface area contributed by atoms with Gasteiger partial charge in [-0.1, -0.05) is 12.8 Å². The molecule has 4 heteroatoms. The lowest BCUT2D eigenvalue weighted by atomic mass is 10.2. The Morgan fingerprint density at radius 1 is 1.31 bits per heavy atom. The Hall–Kier alpha value is -0.380. The van der Waals surface area contributed by atoms with Crippen LogP contribution in [0.5, 0.6) is 0 Å². The Kier molecular flexibility index (Phi) is 9.42. The largest absolute Gasteiger partial charge is 0.453 e. The molecular weight excluding hydrogens is 186 g/mol. The number of nitrogens with one attached hydrogen (secondary N) is 1. The van der Waals surface area contributed by atoms with E-state index in [0.29, 0.717) is 0 Å². The van der Waals surface area contributed by atoms with Crippen LogP contribution in [0.3, 0.4) is 0 Å². The standard InChI is InChI=1S/C9H19NO2S/c1-12-9(11)10-7-5-3-4-6-8-13-2/h3-8H2,1-2H3,(H,10,11). The Morgan fingerprint density at radius 3 is 2.62 bits per heavy atom. The molecule has 0 atom stereocenters. The number of hydrogen-bond acceptors (Lipinski definition) is 3. The highest BCUT2D eigenvalue weighted by atomic mass is 32.2. The summed E-state index contributed by atoms with van der Waals surface area (Å²) < 4.78 is 4.44. The van der Waals surface area contributed by atoms with E-state index in [0.717, 1.165) is 13.0 Å². The van der Waals surface area contributed by atoms with Crippen LogP contribution < -0.4 is 5.32 Å². The molecule has 1 N–H and O–H groups in total. The van der Waals surface area contributed by atoms with Gasteiger partial charge in [-0.05, 0) is 24.9 Å². The molecule has 0 aliphatic carbocycles. The first kappa shape index (κ1) is 12.6. The molecule has 0 aromatic heterocycles. The minimum absolute atomic E-state index is 0.330. The van der Waals surface area contributed by atoms with Crippen LogP contribution in [-0.4, -0.2) is 31.8 Å². The topological polar surface area (TPSA) is 38.3 Å². The van der Waals surface area contributed by atoms with Crippen molar-refractivity contribution in [1.29, 1.82) is 0 Å². The summed E-state index contributed by atoms with van der Waals surface area (Å²) in [6, 6.07) is 0. The molecule has 0 aliphatic rings. The van der Waals surface area contributed by atoms with Gasteiger partial charge in [0.05, 0.1) is 7.11 Å². The summed E-state index contributed by atoms with van der Waals surface area (Å²) in [4.78, 5) is 10.6. The van der Waals surface area contributed by atoms with E-state index < -0.39 is 0 Å². The summed E-state index contributed by atoms with van der Waals surface area (Å²) in [7, 11) is 1.38. The van der Waals surface area contributed by atoms with Crippen LogP contribution in [0.4, 0.5) is 4.79 Å². The number of rotatable bonds is 7. The number of alkyl carbamates (subject to hydrolysis) is 1. The van der Waals surface area contributed by atoms with Crippen LogP contribution in [0.1, 0.15) is 25.7 Å². The molecule has 0 spiro atoms. The highest BCUT2D eigenvalue weighted by Gasteiger charge is 1.95. The molecule has 0 aromatic rings. The minimum atomic E-state index is -0.330. The third-order valence-electron chi connectivity index (χ3n) is 1.73. The molecule has 3 nitrogen and oxygen atoms in total. The number of amides is 1. The molecule has 0 radical (unpaired) electrons. The Balaban J connectivity index is 2.95. The van der Waals surface area contributed by atoms with E-state index in [-0.39, 0.29) is 6.09 Å². The van der Waals surface area contributed by atoms with Crippen molar-refractivity contribution >= 4 is 17.9 Å². The lowest BCUT2D eigenvalue weighted by molar-refractivity contribution is 0.171.